The molecule has 0 aliphatic heterocycles. The molecule has 2 N–H and O–H groups in total. The van der Waals surface area contributed by atoms with Crippen molar-refractivity contribution in [3.63, 3.8) is 0 Å². The molecule has 0 bridgehead atoms. The van der Waals surface area contributed by atoms with E-state index in [4.69, 9.17) is 5.73 Å². The standard InChI is InChI=1S/C12H15N/c1-2-12(13)8-11(9-12)10-6-4-3-5-7-10/h3-8H,2,9,13H2,1H3. The van der Waals surface area contributed by atoms with Crippen molar-refractivity contribution in [1.29, 1.82) is 0 Å². The zero-order chi connectivity index (χ0) is 9.31. The van der Waals surface area contributed by atoms with Gasteiger partial charge in [0.1, 0.15) is 0 Å². The van der Waals surface area contributed by atoms with E-state index in [0.717, 1.165) is 12.8 Å². The molecule has 1 aromatic carbocycles. The molecule has 68 valence electrons. The highest BCUT2D eigenvalue weighted by molar-refractivity contribution is 5.73. The normalized spacial score (nSPS) is 26.5. The van der Waals surface area contributed by atoms with Crippen LogP contribution in [0.3, 0.4) is 0 Å². The predicted octanol–water partition coefficient (Wildman–Crippen LogP) is 2.58. The molecule has 0 aromatic heterocycles. The first kappa shape index (κ1) is 8.52. The summed E-state index contributed by atoms with van der Waals surface area (Å²) in [5, 5.41) is 0. The fourth-order valence-electron chi connectivity index (χ4n) is 1.74. The van der Waals surface area contributed by atoms with Gasteiger partial charge in [0.2, 0.25) is 0 Å². The van der Waals surface area contributed by atoms with Crippen LogP contribution >= 0.6 is 0 Å². The van der Waals surface area contributed by atoms with Crippen LogP contribution in [0.1, 0.15) is 25.3 Å². The van der Waals surface area contributed by atoms with Gasteiger partial charge in [-0.15, -0.1) is 0 Å². The van der Waals surface area contributed by atoms with Gasteiger partial charge in [0.05, 0.1) is 0 Å². The molecule has 0 fully saturated rings. The van der Waals surface area contributed by atoms with E-state index in [9.17, 15) is 0 Å². The summed E-state index contributed by atoms with van der Waals surface area (Å²) in [7, 11) is 0. The molecule has 0 saturated carbocycles. The molecule has 2 rings (SSSR count). The fraction of sp³-hybridized carbons (Fsp3) is 0.333. The van der Waals surface area contributed by atoms with Gasteiger partial charge in [0.15, 0.2) is 0 Å². The second-order valence-electron chi connectivity index (χ2n) is 3.80. The van der Waals surface area contributed by atoms with E-state index >= 15 is 0 Å². The van der Waals surface area contributed by atoms with Crippen LogP contribution in [0.5, 0.6) is 0 Å². The van der Waals surface area contributed by atoms with E-state index in [1.54, 1.807) is 0 Å². The number of benzene rings is 1. The van der Waals surface area contributed by atoms with E-state index in [2.05, 4.69) is 37.3 Å². The average molecular weight is 173 g/mol. The van der Waals surface area contributed by atoms with Crippen molar-refractivity contribution in [2.75, 3.05) is 0 Å². The summed E-state index contributed by atoms with van der Waals surface area (Å²) in [5.41, 5.74) is 8.74. The maximum absolute atomic E-state index is 6.05. The molecule has 13 heavy (non-hydrogen) atoms. The largest absolute Gasteiger partial charge is 0.322 e. The summed E-state index contributed by atoms with van der Waals surface area (Å²) >= 11 is 0. The minimum Gasteiger partial charge on any atom is -0.322 e. The van der Waals surface area contributed by atoms with Gasteiger partial charge < -0.3 is 5.73 Å². The van der Waals surface area contributed by atoms with Crippen LogP contribution in [0.4, 0.5) is 0 Å². The van der Waals surface area contributed by atoms with Crippen molar-refractivity contribution in [2.24, 2.45) is 5.73 Å². The minimum atomic E-state index is -0.0226. The number of rotatable bonds is 2. The number of hydrogen-bond acceptors (Lipinski definition) is 1. The monoisotopic (exact) mass is 173 g/mol. The Bertz CT molecular complexity index is 326. The Morgan fingerprint density at radius 2 is 1.92 bits per heavy atom. The molecule has 1 nitrogen and oxygen atoms in total. The zero-order valence-electron chi connectivity index (χ0n) is 7.96. The second kappa shape index (κ2) is 3.00. The molecule has 0 heterocycles. The molecule has 1 heteroatoms. The van der Waals surface area contributed by atoms with E-state index in [1.165, 1.54) is 11.1 Å². The maximum atomic E-state index is 6.05. The summed E-state index contributed by atoms with van der Waals surface area (Å²) in [6, 6.07) is 10.5. The highest BCUT2D eigenvalue weighted by Crippen LogP contribution is 2.37. The van der Waals surface area contributed by atoms with Crippen LogP contribution in [-0.4, -0.2) is 5.54 Å². The predicted molar refractivity (Wildman–Crippen MR) is 56.2 cm³/mol. The third-order valence-electron chi connectivity index (χ3n) is 2.78. The summed E-state index contributed by atoms with van der Waals surface area (Å²) in [6.07, 6.45) is 4.25. The van der Waals surface area contributed by atoms with Gasteiger partial charge in [0, 0.05) is 5.54 Å². The van der Waals surface area contributed by atoms with E-state index < -0.39 is 0 Å². The summed E-state index contributed by atoms with van der Waals surface area (Å²) in [4.78, 5) is 0. The van der Waals surface area contributed by atoms with Crippen LogP contribution in [0.15, 0.2) is 36.4 Å². The summed E-state index contributed by atoms with van der Waals surface area (Å²) < 4.78 is 0. The molecule has 1 aromatic rings. The lowest BCUT2D eigenvalue weighted by atomic mass is 9.75. The zero-order valence-corrected chi connectivity index (χ0v) is 7.96. The topological polar surface area (TPSA) is 26.0 Å². The Labute approximate surface area is 79.3 Å². The average Bonchev–Trinajstić information content (AvgIpc) is 2.14. The van der Waals surface area contributed by atoms with Crippen molar-refractivity contribution in [1.82, 2.24) is 0 Å². The lowest BCUT2D eigenvalue weighted by Gasteiger charge is -2.35. The quantitative estimate of drug-likeness (QED) is 0.731. The van der Waals surface area contributed by atoms with Gasteiger partial charge in [-0.1, -0.05) is 43.3 Å². The summed E-state index contributed by atoms with van der Waals surface area (Å²) in [5.74, 6) is 0. The Kier molecular flexibility index (Phi) is 1.97. The second-order valence-corrected chi connectivity index (χ2v) is 3.80. The SMILES string of the molecule is CCC1(N)C=C(c2ccccc2)C1. The third kappa shape index (κ3) is 1.52. The van der Waals surface area contributed by atoms with Gasteiger partial charge in [-0.2, -0.15) is 0 Å². The van der Waals surface area contributed by atoms with Crippen molar-refractivity contribution in [2.45, 2.75) is 25.3 Å². The van der Waals surface area contributed by atoms with E-state index in [1.807, 2.05) is 6.07 Å². The first-order valence-electron chi connectivity index (χ1n) is 4.79. The Morgan fingerprint density at radius 3 is 2.46 bits per heavy atom. The van der Waals surface area contributed by atoms with E-state index in [-0.39, 0.29) is 5.54 Å². The van der Waals surface area contributed by atoms with Gasteiger partial charge >= 0.3 is 0 Å². The van der Waals surface area contributed by atoms with Crippen LogP contribution in [0.25, 0.3) is 5.57 Å². The van der Waals surface area contributed by atoms with Crippen LogP contribution in [0.2, 0.25) is 0 Å². The first-order chi connectivity index (χ1) is 6.23. The molecular formula is C12H15N. The Morgan fingerprint density at radius 1 is 1.31 bits per heavy atom. The molecule has 0 amide bonds. The van der Waals surface area contributed by atoms with Gasteiger partial charge in [0.25, 0.3) is 0 Å². The minimum absolute atomic E-state index is 0.0226. The number of nitrogens with two attached hydrogens (primary N) is 1. The Hall–Kier alpha value is -1.08. The number of hydrogen-bond donors (Lipinski definition) is 1. The lowest BCUT2D eigenvalue weighted by molar-refractivity contribution is 0.490. The smallest absolute Gasteiger partial charge is 0.0383 e. The lowest BCUT2D eigenvalue weighted by Crippen LogP contribution is -2.42. The van der Waals surface area contributed by atoms with E-state index in [0.29, 0.717) is 0 Å². The van der Waals surface area contributed by atoms with Crippen molar-refractivity contribution >= 4 is 5.57 Å². The van der Waals surface area contributed by atoms with Crippen LogP contribution in [0, 0.1) is 0 Å². The fourth-order valence-corrected chi connectivity index (χ4v) is 1.74. The van der Waals surface area contributed by atoms with Gasteiger partial charge in [-0.3, -0.25) is 0 Å². The molecule has 1 aliphatic carbocycles. The molecule has 1 unspecified atom stereocenters. The molecule has 0 saturated heterocycles. The van der Waals surface area contributed by atoms with Crippen molar-refractivity contribution < 1.29 is 0 Å². The molecule has 1 aliphatic rings. The van der Waals surface area contributed by atoms with Gasteiger partial charge in [-0.25, -0.2) is 0 Å². The molecule has 0 radical (unpaired) electrons. The molecule has 1 atom stereocenters. The highest BCUT2D eigenvalue weighted by atomic mass is 14.7. The highest BCUT2D eigenvalue weighted by Gasteiger charge is 2.30. The molecule has 0 spiro atoms. The van der Waals surface area contributed by atoms with Crippen LogP contribution < -0.4 is 5.73 Å². The summed E-state index contributed by atoms with van der Waals surface area (Å²) in [6.45, 7) is 2.14. The maximum Gasteiger partial charge on any atom is 0.0383 e. The van der Waals surface area contributed by atoms with Crippen molar-refractivity contribution in [3.05, 3.63) is 42.0 Å². The Balaban J connectivity index is 2.20. The third-order valence-corrected chi connectivity index (χ3v) is 2.78. The van der Waals surface area contributed by atoms with Crippen molar-refractivity contribution in [3.8, 4) is 0 Å². The van der Waals surface area contributed by atoms with Crippen LogP contribution in [-0.2, 0) is 0 Å². The first-order valence-corrected chi connectivity index (χ1v) is 4.79. The van der Waals surface area contributed by atoms with Gasteiger partial charge in [-0.05, 0) is 24.0 Å². The molecular weight excluding hydrogens is 158 g/mol.